The maximum Gasteiger partial charge on any atom is 0.516 e. The molecule has 0 amide bonds. The van der Waals surface area contributed by atoms with Gasteiger partial charge in [0.25, 0.3) is 0 Å². The summed E-state index contributed by atoms with van der Waals surface area (Å²) in [5.74, 6) is 3.38. The first-order valence-electron chi connectivity index (χ1n) is 9.54. The van der Waals surface area contributed by atoms with Crippen molar-refractivity contribution in [3.8, 4) is 11.1 Å². The van der Waals surface area contributed by atoms with Gasteiger partial charge in [0.2, 0.25) is 6.29 Å². The molecule has 5 N–H and O–H groups in total. The van der Waals surface area contributed by atoms with Crippen LogP contribution in [0.1, 0.15) is 17.0 Å². The van der Waals surface area contributed by atoms with Crippen molar-refractivity contribution in [1.29, 1.82) is 0 Å². The number of aliphatic hydroxyl groups excluding tert-OH is 3. The number of carbonyl (C=O) groups excluding carboxylic acids is 2. The Hall–Kier alpha value is -2.86. The van der Waals surface area contributed by atoms with E-state index >= 15 is 0 Å². The fourth-order valence-corrected chi connectivity index (χ4v) is 3.92. The van der Waals surface area contributed by atoms with Crippen molar-refractivity contribution in [2.45, 2.75) is 36.6 Å². The maximum atomic E-state index is 12.2. The zero-order chi connectivity index (χ0) is 22.1. The zero-order valence-electron chi connectivity index (χ0n) is 16.2. The smallest absolute Gasteiger partial charge is 0.433 e. The highest BCUT2D eigenvalue weighted by molar-refractivity contribution is 5.85. The molecular weight excluding hydrogens is 410 g/mol. The Kier molecular flexibility index (Phi) is 6.01. The molecule has 1 heterocycles. The van der Waals surface area contributed by atoms with Gasteiger partial charge >= 0.3 is 12.1 Å². The van der Waals surface area contributed by atoms with E-state index in [1.807, 2.05) is 48.5 Å². The van der Waals surface area contributed by atoms with E-state index < -0.39 is 42.8 Å². The van der Waals surface area contributed by atoms with Crippen LogP contribution in [0, 0.1) is 0 Å². The lowest BCUT2D eigenvalue weighted by Crippen LogP contribution is -2.61. The summed E-state index contributed by atoms with van der Waals surface area (Å²) in [5.41, 5.74) is 4.04. The summed E-state index contributed by atoms with van der Waals surface area (Å²) in [6.07, 6.45) is -10.1. The van der Waals surface area contributed by atoms with Gasteiger partial charge in [0.05, 0.1) is 0 Å². The Labute approximate surface area is 176 Å². The van der Waals surface area contributed by atoms with Crippen molar-refractivity contribution in [3.05, 3.63) is 59.7 Å². The second kappa shape index (κ2) is 8.71. The number of ether oxygens (including phenoxy) is 3. The Morgan fingerprint density at radius 1 is 0.903 bits per heavy atom. The molecule has 2 aliphatic rings. The summed E-state index contributed by atoms with van der Waals surface area (Å²) < 4.78 is 14.7. The average molecular weight is 431 g/mol. The van der Waals surface area contributed by atoms with Crippen LogP contribution in [0.4, 0.5) is 4.79 Å². The summed E-state index contributed by atoms with van der Waals surface area (Å²) in [7, 11) is 0. The second-order valence-electron chi connectivity index (χ2n) is 7.24. The van der Waals surface area contributed by atoms with Crippen molar-refractivity contribution >= 4 is 12.1 Å². The van der Waals surface area contributed by atoms with Crippen molar-refractivity contribution in [3.63, 3.8) is 0 Å². The molecule has 0 bridgehead atoms. The van der Waals surface area contributed by atoms with Crippen LogP contribution in [-0.2, 0) is 23.8 Å². The topological polar surface area (TPSA) is 158 Å². The van der Waals surface area contributed by atoms with Crippen LogP contribution < -0.4 is 5.90 Å². The van der Waals surface area contributed by atoms with E-state index in [0.29, 0.717) is 0 Å². The third kappa shape index (κ3) is 3.92. The molecule has 1 saturated heterocycles. The molecule has 5 atom stereocenters. The van der Waals surface area contributed by atoms with Gasteiger partial charge in [-0.2, -0.15) is 0 Å². The molecule has 10 heteroatoms. The minimum atomic E-state index is -1.87. The first-order chi connectivity index (χ1) is 14.9. The molecule has 31 heavy (non-hydrogen) atoms. The molecule has 1 aliphatic carbocycles. The van der Waals surface area contributed by atoms with Gasteiger partial charge in [0.15, 0.2) is 6.10 Å². The number of carbonyl (C=O) groups is 2. The second-order valence-corrected chi connectivity index (χ2v) is 7.24. The van der Waals surface area contributed by atoms with Gasteiger partial charge in [0.1, 0.15) is 24.9 Å². The number of fused-ring (bicyclic) bond motifs is 3. The van der Waals surface area contributed by atoms with E-state index in [1.165, 1.54) is 0 Å². The molecule has 1 aliphatic heterocycles. The van der Waals surface area contributed by atoms with Crippen molar-refractivity contribution < 1.29 is 44.0 Å². The van der Waals surface area contributed by atoms with E-state index in [9.17, 15) is 24.9 Å². The highest BCUT2D eigenvalue weighted by Gasteiger charge is 2.48. The number of nitrogens with two attached hydrogens (primary N) is 1. The highest BCUT2D eigenvalue weighted by atomic mass is 16.8. The lowest BCUT2D eigenvalue weighted by Gasteiger charge is -2.37. The van der Waals surface area contributed by atoms with E-state index in [1.54, 1.807) is 0 Å². The monoisotopic (exact) mass is 431 g/mol. The first kappa shape index (κ1) is 21.4. The Morgan fingerprint density at radius 3 is 2.06 bits per heavy atom. The molecule has 1 fully saturated rings. The fraction of sp³-hybridized carbons (Fsp3) is 0.333. The van der Waals surface area contributed by atoms with Gasteiger partial charge in [-0.1, -0.05) is 48.5 Å². The normalized spacial score (nSPS) is 27.3. The number of hydrogen-bond donors (Lipinski definition) is 4. The van der Waals surface area contributed by atoms with Gasteiger partial charge in [-0.15, -0.1) is 0 Å². The molecule has 0 spiro atoms. The van der Waals surface area contributed by atoms with Crippen molar-refractivity contribution in [1.82, 2.24) is 0 Å². The molecular formula is C21H21NO9. The van der Waals surface area contributed by atoms with E-state index in [4.69, 9.17) is 15.4 Å². The largest absolute Gasteiger partial charge is 0.516 e. The van der Waals surface area contributed by atoms with Crippen LogP contribution in [-0.4, -0.2) is 64.8 Å². The summed E-state index contributed by atoms with van der Waals surface area (Å²) in [4.78, 5) is 28.7. The zero-order valence-corrected chi connectivity index (χ0v) is 16.2. The van der Waals surface area contributed by atoms with Crippen LogP contribution in [0.15, 0.2) is 48.5 Å². The van der Waals surface area contributed by atoms with Crippen LogP contribution in [0.2, 0.25) is 0 Å². The summed E-state index contributed by atoms with van der Waals surface area (Å²) in [6.45, 7) is -0.0793. The lowest BCUT2D eigenvalue weighted by atomic mass is 9.98. The van der Waals surface area contributed by atoms with Crippen LogP contribution in [0.25, 0.3) is 11.1 Å². The van der Waals surface area contributed by atoms with E-state index in [2.05, 4.69) is 9.57 Å². The van der Waals surface area contributed by atoms with Gasteiger partial charge in [-0.25, -0.2) is 15.5 Å². The SMILES string of the molecule is NO[C@@H]1O[C@H](C(=O)OC(=O)OCC2c3ccccc3-c3ccccc32)[C@@H](O)[C@H](O)[C@H]1O. The summed E-state index contributed by atoms with van der Waals surface area (Å²) in [5, 5.41) is 29.4. The number of aliphatic hydroxyl groups is 3. The van der Waals surface area contributed by atoms with Gasteiger partial charge < -0.3 is 29.5 Å². The third-order valence-corrected chi connectivity index (χ3v) is 5.45. The van der Waals surface area contributed by atoms with Crippen LogP contribution >= 0.6 is 0 Å². The third-order valence-electron chi connectivity index (χ3n) is 5.45. The summed E-state index contributed by atoms with van der Waals surface area (Å²) in [6, 6.07) is 15.4. The van der Waals surface area contributed by atoms with E-state index in [-0.39, 0.29) is 12.5 Å². The number of rotatable bonds is 4. The maximum absolute atomic E-state index is 12.2. The standard InChI is InChI=1S/C21H21NO9/c22-31-20-17(25)15(23)16(24)18(29-20)19(26)30-21(27)28-9-14-12-7-3-1-5-10(12)11-6-2-4-8-13(11)14/h1-8,14-18,20,23-25H,9,22H2/t15-,16-,17+,18-,20-/m0/s1. The molecule has 2 aromatic carbocycles. The molecule has 4 rings (SSSR count). The number of esters is 1. The Morgan fingerprint density at radius 2 is 1.48 bits per heavy atom. The molecule has 0 unspecified atom stereocenters. The molecule has 0 aromatic heterocycles. The molecule has 10 nitrogen and oxygen atoms in total. The number of benzene rings is 2. The average Bonchev–Trinajstić information content (AvgIpc) is 3.10. The Balaban J connectivity index is 1.40. The van der Waals surface area contributed by atoms with Crippen LogP contribution in [0.3, 0.4) is 0 Å². The predicted octanol–water partition coefficient (Wildman–Crippen LogP) is 0.177. The van der Waals surface area contributed by atoms with Crippen molar-refractivity contribution in [2.75, 3.05) is 6.61 Å². The number of hydrogen-bond acceptors (Lipinski definition) is 10. The molecule has 0 saturated carbocycles. The van der Waals surface area contributed by atoms with Gasteiger partial charge in [-0.3, -0.25) is 4.84 Å². The first-order valence-corrected chi connectivity index (χ1v) is 9.54. The summed E-state index contributed by atoms with van der Waals surface area (Å²) >= 11 is 0. The minimum absolute atomic E-state index is 0.0793. The van der Waals surface area contributed by atoms with Crippen LogP contribution in [0.5, 0.6) is 0 Å². The molecule has 164 valence electrons. The highest BCUT2D eigenvalue weighted by Crippen LogP contribution is 2.44. The molecule has 2 aromatic rings. The quantitative estimate of drug-likeness (QED) is 0.299. The van der Waals surface area contributed by atoms with Gasteiger partial charge in [-0.05, 0) is 22.3 Å². The predicted molar refractivity (Wildman–Crippen MR) is 103 cm³/mol. The van der Waals surface area contributed by atoms with E-state index in [0.717, 1.165) is 22.3 Å². The lowest BCUT2D eigenvalue weighted by molar-refractivity contribution is -0.295. The molecule has 0 radical (unpaired) electrons. The fourth-order valence-electron chi connectivity index (χ4n) is 3.92. The Bertz CT molecular complexity index is 933. The van der Waals surface area contributed by atoms with Gasteiger partial charge in [0, 0.05) is 5.92 Å². The minimum Gasteiger partial charge on any atom is -0.433 e. The van der Waals surface area contributed by atoms with Crippen molar-refractivity contribution in [2.24, 2.45) is 5.90 Å².